The second-order valence-corrected chi connectivity index (χ2v) is 7.37. The minimum atomic E-state index is -4.79. The number of carbonyl (C=O) groups excluding carboxylic acids is 2. The largest absolute Gasteiger partial charge is 0.455 e. The summed E-state index contributed by atoms with van der Waals surface area (Å²) < 4.78 is 45.3. The lowest BCUT2D eigenvalue weighted by Gasteiger charge is -2.24. The molecule has 0 saturated heterocycles. The van der Waals surface area contributed by atoms with Crippen molar-refractivity contribution >= 4 is 28.0 Å². The molecule has 0 saturated carbocycles. The van der Waals surface area contributed by atoms with Gasteiger partial charge in [0.1, 0.15) is 5.60 Å². The van der Waals surface area contributed by atoms with Crippen LogP contribution in [0.2, 0.25) is 0 Å². The van der Waals surface area contributed by atoms with Crippen molar-refractivity contribution in [1.29, 1.82) is 0 Å². The molecule has 0 radical (unpaired) electrons. The minimum Gasteiger partial charge on any atom is -0.455 e. The molecule has 0 spiro atoms. The average molecular weight is 409 g/mol. The van der Waals surface area contributed by atoms with Gasteiger partial charge in [0.2, 0.25) is 0 Å². The number of hydrogen-bond donors (Lipinski definition) is 2. The van der Waals surface area contributed by atoms with Crippen molar-refractivity contribution < 1.29 is 36.2 Å². The van der Waals surface area contributed by atoms with E-state index in [0.717, 1.165) is 0 Å². The van der Waals surface area contributed by atoms with E-state index in [1.165, 1.54) is 44.2 Å². The van der Waals surface area contributed by atoms with Gasteiger partial charge in [0, 0.05) is 5.69 Å². The first kappa shape index (κ1) is 21.2. The lowest BCUT2D eigenvalue weighted by Crippen LogP contribution is -2.32. The monoisotopic (exact) mass is 409 g/mol. The molecule has 0 atom stereocenters. The number of nitrogens with two attached hydrogens (primary N) is 1. The lowest BCUT2D eigenvalue weighted by atomic mass is 10.0. The third-order valence-corrected chi connectivity index (χ3v) is 3.78. The van der Waals surface area contributed by atoms with Crippen molar-refractivity contribution in [2.24, 2.45) is 0 Å². The van der Waals surface area contributed by atoms with E-state index in [1.54, 1.807) is 18.2 Å². The number of esters is 2. The zero-order chi connectivity index (χ0) is 20.9. The number of carbonyl (C=O) groups is 2. The van der Waals surface area contributed by atoms with E-state index >= 15 is 0 Å². The predicted octanol–water partition coefficient (Wildman–Crippen LogP) is 2.38. The second-order valence-electron chi connectivity index (χ2n) is 6.35. The normalized spacial score (nSPS) is 11.5. The van der Waals surface area contributed by atoms with E-state index in [1.807, 2.05) is 0 Å². The molecule has 28 heavy (non-hydrogen) atoms. The topological polar surface area (TPSA) is 142 Å². The molecule has 0 bridgehead atoms. The molecule has 3 N–H and O–H groups in total. The highest BCUT2D eigenvalue weighted by molar-refractivity contribution is 7.81. The van der Waals surface area contributed by atoms with Crippen LogP contribution in [0.3, 0.4) is 0 Å². The quantitative estimate of drug-likeness (QED) is 0.305. The molecule has 0 unspecified atom stereocenters. The van der Waals surface area contributed by atoms with E-state index in [-0.39, 0.29) is 29.2 Å². The van der Waals surface area contributed by atoms with E-state index in [2.05, 4.69) is 4.18 Å². The Hall–Kier alpha value is -3.11. The van der Waals surface area contributed by atoms with Crippen LogP contribution in [0.4, 0.5) is 5.69 Å². The summed E-state index contributed by atoms with van der Waals surface area (Å²) in [7, 11) is -4.79. The van der Waals surface area contributed by atoms with E-state index in [9.17, 15) is 18.0 Å². The molecule has 0 aliphatic heterocycles. The number of anilines is 1. The minimum absolute atomic E-state index is 0.163. The first-order valence-electron chi connectivity index (χ1n) is 8.01. The van der Waals surface area contributed by atoms with Crippen molar-refractivity contribution in [3.63, 3.8) is 0 Å². The van der Waals surface area contributed by atoms with Crippen LogP contribution in [0.25, 0.3) is 0 Å². The van der Waals surface area contributed by atoms with Gasteiger partial charge in [-0.15, -0.1) is 0 Å². The Morgan fingerprint density at radius 3 is 2.21 bits per heavy atom. The molecular formula is C18H19NO8S. The summed E-state index contributed by atoms with van der Waals surface area (Å²) in [5.41, 5.74) is 4.90. The van der Waals surface area contributed by atoms with Crippen LogP contribution in [-0.4, -0.2) is 30.5 Å². The van der Waals surface area contributed by atoms with Gasteiger partial charge in [0.25, 0.3) is 0 Å². The van der Waals surface area contributed by atoms with Gasteiger partial charge in [0.05, 0.1) is 12.0 Å². The fraction of sp³-hybridized carbons (Fsp3) is 0.222. The van der Waals surface area contributed by atoms with Crippen LogP contribution >= 0.6 is 0 Å². The van der Waals surface area contributed by atoms with Crippen molar-refractivity contribution in [1.82, 2.24) is 0 Å². The molecule has 0 aliphatic rings. The summed E-state index contributed by atoms with van der Waals surface area (Å²) in [5.74, 6) is -2.11. The molecule has 0 aromatic heterocycles. The van der Waals surface area contributed by atoms with Crippen LogP contribution in [0.5, 0.6) is 11.5 Å². The highest BCUT2D eigenvalue weighted by atomic mass is 32.3. The Bertz CT molecular complexity index is 985. The maximum Gasteiger partial charge on any atom is 0.446 e. The summed E-state index contributed by atoms with van der Waals surface area (Å²) in [6.07, 6.45) is -0.342. The van der Waals surface area contributed by atoms with Crippen LogP contribution in [0, 0.1) is 0 Å². The number of para-hydroxylation sites is 3. The first-order chi connectivity index (χ1) is 13.0. The average Bonchev–Trinajstić information content (AvgIpc) is 2.54. The maximum absolute atomic E-state index is 12.3. The molecule has 10 heteroatoms. The van der Waals surface area contributed by atoms with Crippen molar-refractivity contribution in [2.45, 2.75) is 25.9 Å². The molecular weight excluding hydrogens is 390 g/mol. The summed E-state index contributed by atoms with van der Waals surface area (Å²) in [6, 6.07) is 11.7. The van der Waals surface area contributed by atoms with Gasteiger partial charge >= 0.3 is 22.3 Å². The van der Waals surface area contributed by atoms with Crippen LogP contribution in [0.1, 0.15) is 30.6 Å². The summed E-state index contributed by atoms with van der Waals surface area (Å²) in [6.45, 7) is 3.01. The fourth-order valence-electron chi connectivity index (χ4n) is 2.25. The maximum atomic E-state index is 12.3. The van der Waals surface area contributed by atoms with Crippen molar-refractivity contribution in [3.05, 3.63) is 54.1 Å². The van der Waals surface area contributed by atoms with E-state index in [0.29, 0.717) is 0 Å². The standard InChI is InChI=1S/C18H19NO8S/c1-18(2,26-17(21)12-7-3-4-8-13(12)19)11-16(20)25-14-9-5-6-10-15(14)27-28(22,23)24/h3-10H,11,19H2,1-2H3,(H,22,23,24). The van der Waals surface area contributed by atoms with Crippen LogP contribution in [0.15, 0.2) is 48.5 Å². The Balaban J connectivity index is 2.06. The molecule has 0 amide bonds. The molecule has 9 nitrogen and oxygen atoms in total. The smallest absolute Gasteiger partial charge is 0.446 e. The highest BCUT2D eigenvalue weighted by Crippen LogP contribution is 2.29. The van der Waals surface area contributed by atoms with E-state index in [4.69, 9.17) is 19.8 Å². The molecule has 0 aliphatic carbocycles. The number of hydrogen-bond acceptors (Lipinski definition) is 8. The van der Waals surface area contributed by atoms with Crippen LogP contribution < -0.4 is 14.7 Å². The molecule has 0 fully saturated rings. The Kier molecular flexibility index (Phi) is 6.26. The second kappa shape index (κ2) is 8.28. The third kappa shape index (κ3) is 6.25. The molecule has 2 aromatic rings. The molecule has 0 heterocycles. The number of nitrogen functional groups attached to an aromatic ring is 1. The number of ether oxygens (including phenoxy) is 2. The zero-order valence-corrected chi connectivity index (χ0v) is 15.9. The van der Waals surface area contributed by atoms with Gasteiger partial charge in [-0.3, -0.25) is 9.35 Å². The molecule has 150 valence electrons. The highest BCUT2D eigenvalue weighted by Gasteiger charge is 2.29. The number of benzene rings is 2. The Morgan fingerprint density at radius 1 is 1.04 bits per heavy atom. The van der Waals surface area contributed by atoms with Gasteiger partial charge in [0.15, 0.2) is 11.5 Å². The predicted molar refractivity (Wildman–Crippen MR) is 99.2 cm³/mol. The van der Waals surface area contributed by atoms with Crippen molar-refractivity contribution in [2.75, 3.05) is 5.73 Å². The van der Waals surface area contributed by atoms with Gasteiger partial charge in [-0.1, -0.05) is 24.3 Å². The van der Waals surface area contributed by atoms with Gasteiger partial charge in [-0.2, -0.15) is 8.42 Å². The Labute approximate surface area is 162 Å². The molecule has 2 aromatic carbocycles. The lowest BCUT2D eigenvalue weighted by molar-refractivity contribution is -0.138. The van der Waals surface area contributed by atoms with Gasteiger partial charge < -0.3 is 19.4 Å². The zero-order valence-electron chi connectivity index (χ0n) is 15.1. The SMILES string of the molecule is CC(C)(CC(=O)Oc1ccccc1OS(=O)(=O)O)OC(=O)c1ccccc1N. The van der Waals surface area contributed by atoms with Crippen molar-refractivity contribution in [3.8, 4) is 11.5 Å². The fourth-order valence-corrected chi connectivity index (χ4v) is 2.61. The summed E-state index contributed by atoms with van der Waals surface area (Å²) >= 11 is 0. The first-order valence-corrected chi connectivity index (χ1v) is 9.38. The van der Waals surface area contributed by atoms with Crippen LogP contribution in [-0.2, 0) is 19.9 Å². The van der Waals surface area contributed by atoms with Gasteiger partial charge in [-0.05, 0) is 38.1 Å². The number of rotatable bonds is 7. The van der Waals surface area contributed by atoms with E-state index < -0.39 is 27.9 Å². The Morgan fingerprint density at radius 2 is 1.61 bits per heavy atom. The third-order valence-electron chi connectivity index (χ3n) is 3.39. The van der Waals surface area contributed by atoms with Gasteiger partial charge in [-0.25, -0.2) is 4.79 Å². The summed E-state index contributed by atoms with van der Waals surface area (Å²) in [4.78, 5) is 24.5. The molecule has 2 rings (SSSR count). The summed E-state index contributed by atoms with van der Waals surface area (Å²) in [5, 5.41) is 0.